The highest BCUT2D eigenvalue weighted by Crippen LogP contribution is 2.01. The molecule has 2 rings (SSSR count). The first kappa shape index (κ1) is 14.7. The molecular weight excluding hydrogens is 271 g/mol. The van der Waals surface area contributed by atoms with Gasteiger partial charge in [-0.1, -0.05) is 36.4 Å². The molecule has 0 aliphatic heterocycles. The van der Waals surface area contributed by atoms with Gasteiger partial charge >= 0.3 is 6.09 Å². The van der Waals surface area contributed by atoms with Crippen molar-refractivity contribution in [3.63, 3.8) is 0 Å². The van der Waals surface area contributed by atoms with Crippen molar-refractivity contribution in [2.24, 2.45) is 0 Å². The maximum absolute atomic E-state index is 12.6. The topological polar surface area (TPSA) is 51.2 Å². The van der Waals surface area contributed by atoms with E-state index < -0.39 is 6.09 Å². The number of pyridine rings is 1. The molecule has 0 bridgehead atoms. The molecule has 0 atom stereocenters. The number of aromatic nitrogens is 1. The zero-order valence-corrected chi connectivity index (χ0v) is 11.3. The average molecular weight is 286 g/mol. The predicted molar refractivity (Wildman–Crippen MR) is 77.9 cm³/mol. The van der Waals surface area contributed by atoms with Crippen LogP contribution in [0.1, 0.15) is 11.3 Å². The van der Waals surface area contributed by atoms with Crippen LogP contribution in [-0.4, -0.2) is 17.6 Å². The Labute approximate surface area is 122 Å². The summed E-state index contributed by atoms with van der Waals surface area (Å²) in [6, 6.07) is 12.3. The summed E-state index contributed by atoms with van der Waals surface area (Å²) in [6.45, 7) is 0.544. The second-order valence-electron chi connectivity index (χ2n) is 4.25. The molecule has 0 fully saturated rings. The van der Waals surface area contributed by atoms with Gasteiger partial charge in [0.25, 0.3) is 0 Å². The molecule has 0 aliphatic rings. The van der Waals surface area contributed by atoms with Crippen molar-refractivity contribution in [3.05, 3.63) is 71.8 Å². The highest BCUT2D eigenvalue weighted by molar-refractivity contribution is 5.67. The van der Waals surface area contributed by atoms with E-state index in [4.69, 9.17) is 4.74 Å². The Morgan fingerprint density at radius 2 is 2.05 bits per heavy atom. The number of benzene rings is 1. The van der Waals surface area contributed by atoms with E-state index in [-0.39, 0.29) is 12.4 Å². The van der Waals surface area contributed by atoms with Crippen LogP contribution >= 0.6 is 0 Å². The van der Waals surface area contributed by atoms with Crippen molar-refractivity contribution in [3.8, 4) is 0 Å². The van der Waals surface area contributed by atoms with E-state index in [1.165, 1.54) is 6.07 Å². The fourth-order valence-corrected chi connectivity index (χ4v) is 1.58. The molecule has 1 N–H and O–H groups in total. The maximum Gasteiger partial charge on any atom is 0.407 e. The first-order chi connectivity index (χ1) is 10.2. The number of halogens is 1. The van der Waals surface area contributed by atoms with Gasteiger partial charge < -0.3 is 10.1 Å². The summed E-state index contributed by atoms with van der Waals surface area (Å²) in [5.74, 6) is -0.380. The molecule has 1 aromatic heterocycles. The van der Waals surface area contributed by atoms with Gasteiger partial charge in [0.1, 0.15) is 12.4 Å². The third-order valence-electron chi connectivity index (χ3n) is 2.62. The van der Waals surface area contributed by atoms with Crippen molar-refractivity contribution in [2.75, 3.05) is 6.54 Å². The third-order valence-corrected chi connectivity index (χ3v) is 2.62. The van der Waals surface area contributed by atoms with Crippen LogP contribution in [0.2, 0.25) is 0 Å². The van der Waals surface area contributed by atoms with E-state index in [0.29, 0.717) is 12.2 Å². The Hall–Kier alpha value is -2.69. The molecule has 1 amide bonds. The van der Waals surface area contributed by atoms with Crippen LogP contribution in [0.25, 0.3) is 6.08 Å². The minimum Gasteiger partial charge on any atom is -0.445 e. The predicted octanol–water partition coefficient (Wildman–Crippen LogP) is 3.16. The fraction of sp³-hybridized carbons (Fsp3) is 0.125. The molecule has 0 spiro atoms. The van der Waals surface area contributed by atoms with Gasteiger partial charge in [-0.3, -0.25) is 4.98 Å². The highest BCUT2D eigenvalue weighted by Gasteiger charge is 2.00. The minimum absolute atomic E-state index is 0.232. The van der Waals surface area contributed by atoms with Crippen LogP contribution < -0.4 is 5.32 Å². The van der Waals surface area contributed by atoms with Gasteiger partial charge in [0, 0.05) is 6.54 Å². The molecule has 0 saturated heterocycles. The third kappa shape index (κ3) is 5.44. The smallest absolute Gasteiger partial charge is 0.407 e. The lowest BCUT2D eigenvalue weighted by Gasteiger charge is -2.05. The molecule has 2 aromatic rings. The number of carbonyl (C=O) groups excluding carboxylic acids is 1. The summed E-state index contributed by atoms with van der Waals surface area (Å²) in [4.78, 5) is 15.3. The van der Waals surface area contributed by atoms with Gasteiger partial charge in [0.15, 0.2) is 0 Å². The number of nitrogens with one attached hydrogen (secondary N) is 1. The summed E-state index contributed by atoms with van der Waals surface area (Å²) in [5, 5.41) is 2.58. The van der Waals surface area contributed by atoms with E-state index in [1.807, 2.05) is 30.3 Å². The number of hydrogen-bond acceptors (Lipinski definition) is 3. The van der Waals surface area contributed by atoms with Crippen LogP contribution in [0.15, 0.2) is 54.7 Å². The van der Waals surface area contributed by atoms with Crippen molar-refractivity contribution < 1.29 is 13.9 Å². The lowest BCUT2D eigenvalue weighted by molar-refractivity contribution is 0.141. The summed E-state index contributed by atoms with van der Waals surface area (Å²) >= 11 is 0. The van der Waals surface area contributed by atoms with Crippen molar-refractivity contribution in [1.82, 2.24) is 10.3 Å². The number of rotatable bonds is 5. The Morgan fingerprint density at radius 1 is 1.24 bits per heavy atom. The van der Waals surface area contributed by atoms with Crippen LogP contribution in [-0.2, 0) is 11.3 Å². The quantitative estimate of drug-likeness (QED) is 0.918. The number of alkyl carbamates (subject to hydrolysis) is 1. The Balaban J connectivity index is 1.68. The molecule has 0 aliphatic carbocycles. The number of hydrogen-bond donors (Lipinski definition) is 1. The van der Waals surface area contributed by atoms with Gasteiger partial charge in [-0.2, -0.15) is 0 Å². The standard InChI is InChI=1S/C16H15FN2O2/c17-14-8-9-15(19-11-14)7-4-10-18-16(20)21-12-13-5-2-1-3-6-13/h1-9,11H,10,12H2,(H,18,20). The first-order valence-electron chi connectivity index (χ1n) is 6.47. The molecule has 1 heterocycles. The zero-order chi connectivity index (χ0) is 14.9. The number of amides is 1. The van der Waals surface area contributed by atoms with Gasteiger partial charge in [0.2, 0.25) is 0 Å². The van der Waals surface area contributed by atoms with E-state index in [1.54, 1.807) is 18.2 Å². The summed E-state index contributed by atoms with van der Waals surface area (Å²) < 4.78 is 17.7. The molecule has 0 saturated carbocycles. The van der Waals surface area contributed by atoms with Gasteiger partial charge in [-0.15, -0.1) is 0 Å². The van der Waals surface area contributed by atoms with Gasteiger partial charge in [-0.25, -0.2) is 9.18 Å². The molecule has 21 heavy (non-hydrogen) atoms. The number of carbonyl (C=O) groups is 1. The number of nitrogens with zero attached hydrogens (tertiary/aromatic N) is 1. The van der Waals surface area contributed by atoms with Gasteiger partial charge in [0.05, 0.1) is 11.9 Å². The monoisotopic (exact) mass is 286 g/mol. The zero-order valence-electron chi connectivity index (χ0n) is 11.3. The SMILES string of the molecule is O=C(NCC=Cc1ccc(F)cn1)OCc1ccccc1. The Bertz CT molecular complexity index is 597. The van der Waals surface area contributed by atoms with Crippen LogP contribution in [0, 0.1) is 5.82 Å². The van der Waals surface area contributed by atoms with Crippen molar-refractivity contribution in [2.45, 2.75) is 6.61 Å². The van der Waals surface area contributed by atoms with Crippen LogP contribution in [0.3, 0.4) is 0 Å². The Kier molecular flexibility index (Phi) is 5.46. The largest absolute Gasteiger partial charge is 0.445 e. The molecule has 4 nitrogen and oxygen atoms in total. The maximum atomic E-state index is 12.6. The summed E-state index contributed by atoms with van der Waals surface area (Å²) in [6.07, 6.45) is 4.05. The van der Waals surface area contributed by atoms with Crippen molar-refractivity contribution in [1.29, 1.82) is 0 Å². The first-order valence-corrected chi connectivity index (χ1v) is 6.47. The molecule has 108 valence electrons. The van der Waals surface area contributed by atoms with Crippen LogP contribution in [0.5, 0.6) is 0 Å². The van der Waals surface area contributed by atoms with Gasteiger partial charge in [-0.05, 0) is 23.8 Å². The second kappa shape index (κ2) is 7.79. The molecule has 0 radical (unpaired) electrons. The fourth-order valence-electron chi connectivity index (χ4n) is 1.58. The second-order valence-corrected chi connectivity index (χ2v) is 4.25. The number of ether oxygens (including phenoxy) is 1. The summed E-state index contributed by atoms with van der Waals surface area (Å²) in [7, 11) is 0. The molecular formula is C16H15FN2O2. The normalized spacial score (nSPS) is 10.5. The van der Waals surface area contributed by atoms with E-state index in [9.17, 15) is 9.18 Å². The Morgan fingerprint density at radius 3 is 2.76 bits per heavy atom. The van der Waals surface area contributed by atoms with Crippen molar-refractivity contribution >= 4 is 12.2 Å². The lowest BCUT2D eigenvalue weighted by Crippen LogP contribution is -2.24. The lowest BCUT2D eigenvalue weighted by atomic mass is 10.2. The van der Waals surface area contributed by atoms with E-state index in [2.05, 4.69) is 10.3 Å². The molecule has 1 aromatic carbocycles. The summed E-state index contributed by atoms with van der Waals surface area (Å²) in [5.41, 5.74) is 1.55. The average Bonchev–Trinajstić information content (AvgIpc) is 2.52. The van der Waals surface area contributed by atoms with Crippen LogP contribution in [0.4, 0.5) is 9.18 Å². The highest BCUT2D eigenvalue weighted by atomic mass is 19.1. The minimum atomic E-state index is -0.490. The van der Waals surface area contributed by atoms with E-state index in [0.717, 1.165) is 11.8 Å². The molecule has 5 heteroatoms. The van der Waals surface area contributed by atoms with E-state index >= 15 is 0 Å². The molecule has 0 unspecified atom stereocenters.